The first-order valence-corrected chi connectivity index (χ1v) is 6.87. The lowest BCUT2D eigenvalue weighted by molar-refractivity contribution is -0.486. The molecule has 0 radical (unpaired) electrons. The third-order valence-corrected chi connectivity index (χ3v) is 3.32. The van der Waals surface area contributed by atoms with Gasteiger partial charge in [-0.15, -0.1) is 0 Å². The third-order valence-electron chi connectivity index (χ3n) is 3.10. The van der Waals surface area contributed by atoms with Crippen molar-refractivity contribution >= 4 is 17.6 Å². The van der Waals surface area contributed by atoms with Gasteiger partial charge in [0, 0.05) is 32.4 Å². The highest BCUT2D eigenvalue weighted by Gasteiger charge is 2.29. The second-order valence-electron chi connectivity index (χ2n) is 4.58. The Hall–Kier alpha value is -1.96. The van der Waals surface area contributed by atoms with Crippen molar-refractivity contribution in [1.29, 1.82) is 0 Å². The van der Waals surface area contributed by atoms with Crippen molar-refractivity contribution in [1.82, 2.24) is 14.8 Å². The van der Waals surface area contributed by atoms with Crippen molar-refractivity contribution in [3.63, 3.8) is 0 Å². The second-order valence-corrected chi connectivity index (χ2v) is 4.97. The van der Waals surface area contributed by atoms with Crippen LogP contribution in [0.2, 0.25) is 5.15 Å². The molecule has 7 nitrogen and oxygen atoms in total. The normalized spacial score (nSPS) is 16.8. The molecular formula is C12H15ClFN5O2. The number of hydrogen-bond acceptors (Lipinski definition) is 3. The number of halogens is 2. The highest BCUT2D eigenvalue weighted by atomic mass is 35.5. The Labute approximate surface area is 126 Å². The summed E-state index contributed by atoms with van der Waals surface area (Å²) in [4.78, 5) is 18.2. The Kier molecular flexibility index (Phi) is 5.26. The number of hydrogen-bond donors (Lipinski definition) is 0. The zero-order chi connectivity index (χ0) is 15.2. The molecule has 0 aromatic carbocycles. The number of nitro groups is 1. The minimum Gasteiger partial charge on any atom is -0.336 e. The lowest BCUT2D eigenvalue weighted by Crippen LogP contribution is -2.35. The SMILES string of the molecule is O=[N+]([O-])/N=C1\N(CCCF)CCN1Cc1ccc(Cl)nc1. The number of hydrazone groups is 1. The predicted molar refractivity (Wildman–Crippen MR) is 76.3 cm³/mol. The van der Waals surface area contributed by atoms with Crippen LogP contribution in [-0.2, 0) is 6.54 Å². The number of nitrogens with zero attached hydrogens (tertiary/aromatic N) is 5. The maximum Gasteiger partial charge on any atom is 0.274 e. The lowest BCUT2D eigenvalue weighted by atomic mass is 10.3. The Morgan fingerprint density at radius 2 is 2.19 bits per heavy atom. The van der Waals surface area contributed by atoms with Gasteiger partial charge in [0.15, 0.2) is 5.03 Å². The van der Waals surface area contributed by atoms with Gasteiger partial charge in [0.05, 0.1) is 6.67 Å². The Balaban J connectivity index is 2.10. The minimum atomic E-state index is -0.726. The molecule has 21 heavy (non-hydrogen) atoms. The summed E-state index contributed by atoms with van der Waals surface area (Å²) in [5, 5.41) is 13.8. The molecule has 0 atom stereocenters. The highest BCUT2D eigenvalue weighted by molar-refractivity contribution is 6.29. The number of rotatable bonds is 6. The van der Waals surface area contributed by atoms with Crippen LogP contribution in [0.4, 0.5) is 4.39 Å². The van der Waals surface area contributed by atoms with Crippen molar-refractivity contribution in [3.05, 3.63) is 39.2 Å². The molecular weight excluding hydrogens is 301 g/mol. The van der Waals surface area contributed by atoms with Gasteiger partial charge in [0.25, 0.3) is 5.96 Å². The van der Waals surface area contributed by atoms with Crippen LogP contribution in [0.25, 0.3) is 0 Å². The summed E-state index contributed by atoms with van der Waals surface area (Å²) in [7, 11) is 0. The van der Waals surface area contributed by atoms with E-state index in [0.29, 0.717) is 37.8 Å². The van der Waals surface area contributed by atoms with Crippen LogP contribution in [0.3, 0.4) is 0 Å². The van der Waals surface area contributed by atoms with Crippen molar-refractivity contribution in [2.75, 3.05) is 26.3 Å². The molecule has 114 valence electrons. The van der Waals surface area contributed by atoms with Crippen LogP contribution >= 0.6 is 11.6 Å². The van der Waals surface area contributed by atoms with E-state index in [1.165, 1.54) is 0 Å². The zero-order valence-electron chi connectivity index (χ0n) is 11.3. The quantitative estimate of drug-likeness (QED) is 0.454. The van der Waals surface area contributed by atoms with Crippen LogP contribution in [-0.4, -0.2) is 52.1 Å². The summed E-state index contributed by atoms with van der Waals surface area (Å²) in [5.41, 5.74) is 0.878. The summed E-state index contributed by atoms with van der Waals surface area (Å²) in [6.45, 7) is 1.60. The van der Waals surface area contributed by atoms with Crippen molar-refractivity contribution in [2.24, 2.45) is 5.10 Å². The monoisotopic (exact) mass is 315 g/mol. The largest absolute Gasteiger partial charge is 0.336 e. The summed E-state index contributed by atoms with van der Waals surface area (Å²) in [6, 6.07) is 3.47. The molecule has 0 unspecified atom stereocenters. The highest BCUT2D eigenvalue weighted by Crippen LogP contribution is 2.15. The van der Waals surface area contributed by atoms with Crippen LogP contribution in [0.1, 0.15) is 12.0 Å². The average molecular weight is 316 g/mol. The Bertz CT molecular complexity index is 525. The predicted octanol–water partition coefficient (Wildman–Crippen LogP) is 1.76. The molecule has 1 aliphatic heterocycles. The molecule has 0 N–H and O–H groups in total. The van der Waals surface area contributed by atoms with Crippen LogP contribution < -0.4 is 0 Å². The van der Waals surface area contributed by atoms with Gasteiger partial charge >= 0.3 is 0 Å². The molecule has 9 heteroatoms. The zero-order valence-corrected chi connectivity index (χ0v) is 12.0. The Morgan fingerprint density at radius 1 is 1.43 bits per heavy atom. The molecule has 1 fully saturated rings. The number of guanidine groups is 1. The fraction of sp³-hybridized carbons (Fsp3) is 0.500. The molecule has 1 saturated heterocycles. The molecule has 1 aromatic heterocycles. The van der Waals surface area contributed by atoms with Gasteiger partial charge in [-0.25, -0.2) is 15.1 Å². The van der Waals surface area contributed by atoms with Crippen molar-refractivity contribution in [3.8, 4) is 0 Å². The second kappa shape index (κ2) is 7.16. The summed E-state index contributed by atoms with van der Waals surface area (Å²) in [6.07, 6.45) is 1.95. The molecule has 0 saturated carbocycles. The molecule has 0 bridgehead atoms. The number of alkyl halides is 1. The van der Waals surface area contributed by atoms with Crippen LogP contribution in [0.5, 0.6) is 0 Å². The van der Waals surface area contributed by atoms with Crippen LogP contribution in [0.15, 0.2) is 23.4 Å². The molecule has 1 aromatic rings. The maximum absolute atomic E-state index is 12.3. The van der Waals surface area contributed by atoms with Gasteiger partial charge in [0.1, 0.15) is 10.3 Å². The van der Waals surface area contributed by atoms with Crippen LogP contribution in [0, 0.1) is 10.1 Å². The van der Waals surface area contributed by atoms with Gasteiger partial charge in [-0.2, -0.15) is 0 Å². The topological polar surface area (TPSA) is 74.9 Å². The van der Waals surface area contributed by atoms with Gasteiger partial charge in [-0.3, -0.25) is 4.39 Å². The van der Waals surface area contributed by atoms with E-state index in [1.54, 1.807) is 22.1 Å². The standard InChI is InChI=1S/C12H15ClFN5O2/c13-11-3-2-10(8-15-11)9-18-7-6-17(5-1-4-14)12(18)16-19(20)21/h2-3,8H,1,4-7,9H2/b16-12+. The first-order valence-electron chi connectivity index (χ1n) is 6.49. The summed E-state index contributed by atoms with van der Waals surface area (Å²) in [5.74, 6) is 0.267. The van der Waals surface area contributed by atoms with Gasteiger partial charge in [-0.1, -0.05) is 17.7 Å². The van der Waals surface area contributed by atoms with E-state index in [0.717, 1.165) is 5.56 Å². The number of aromatic nitrogens is 1. The average Bonchev–Trinajstić information content (AvgIpc) is 2.81. The fourth-order valence-electron chi connectivity index (χ4n) is 2.17. The van der Waals surface area contributed by atoms with E-state index in [2.05, 4.69) is 10.1 Å². The molecule has 0 aliphatic carbocycles. The smallest absolute Gasteiger partial charge is 0.274 e. The molecule has 2 heterocycles. The van der Waals surface area contributed by atoms with E-state index < -0.39 is 11.7 Å². The molecule has 2 rings (SSSR count). The fourth-order valence-corrected chi connectivity index (χ4v) is 2.29. The molecule has 0 amide bonds. The third kappa shape index (κ3) is 4.25. The molecule has 1 aliphatic rings. The number of pyridine rings is 1. The van der Waals surface area contributed by atoms with Crippen molar-refractivity contribution < 1.29 is 9.42 Å². The maximum atomic E-state index is 12.3. The Morgan fingerprint density at radius 3 is 2.81 bits per heavy atom. The summed E-state index contributed by atoms with van der Waals surface area (Å²) < 4.78 is 12.3. The summed E-state index contributed by atoms with van der Waals surface area (Å²) >= 11 is 5.72. The van der Waals surface area contributed by atoms with E-state index in [-0.39, 0.29) is 5.96 Å². The van der Waals surface area contributed by atoms with E-state index in [9.17, 15) is 14.5 Å². The minimum absolute atomic E-state index is 0.267. The lowest BCUT2D eigenvalue weighted by Gasteiger charge is -2.20. The van der Waals surface area contributed by atoms with E-state index >= 15 is 0 Å². The molecule has 0 spiro atoms. The first-order chi connectivity index (χ1) is 10.1. The first kappa shape index (κ1) is 15.4. The van der Waals surface area contributed by atoms with Gasteiger partial charge < -0.3 is 9.80 Å². The van der Waals surface area contributed by atoms with E-state index in [4.69, 9.17) is 11.6 Å². The van der Waals surface area contributed by atoms with E-state index in [1.807, 2.05) is 6.07 Å². The van der Waals surface area contributed by atoms with Gasteiger partial charge in [0.2, 0.25) is 0 Å². The van der Waals surface area contributed by atoms with Gasteiger partial charge in [-0.05, 0) is 18.1 Å². The van der Waals surface area contributed by atoms with Crippen molar-refractivity contribution in [2.45, 2.75) is 13.0 Å².